The number of hydrogen-bond donors (Lipinski definition) is 2. The minimum Gasteiger partial charge on any atom is -0.369 e. The molecule has 1 atom stereocenters. The average molecular weight is 308 g/mol. The Bertz CT molecular complexity index is 678. The fourth-order valence-electron chi connectivity index (χ4n) is 3.87. The summed E-state index contributed by atoms with van der Waals surface area (Å²) in [4.78, 5) is 12.6. The lowest BCUT2D eigenvalue weighted by molar-refractivity contribution is -0.122. The molecular formula is C20H24N2O. The van der Waals surface area contributed by atoms with Crippen LogP contribution in [0.4, 0.5) is 0 Å². The van der Waals surface area contributed by atoms with Gasteiger partial charge < -0.3 is 11.1 Å². The van der Waals surface area contributed by atoms with Gasteiger partial charge in [-0.1, -0.05) is 55.5 Å². The standard InChI is InChI=1S/C20H24N2O/c1-3-22-14(2)12-13-20(19(21)23)17-10-6-4-8-15(17)16-9-5-7-11-18(16)20/h4-11,14,22H,3,12-13H2,1-2H3,(H2,21,23). The van der Waals surface area contributed by atoms with Gasteiger partial charge in [0.1, 0.15) is 0 Å². The van der Waals surface area contributed by atoms with Crippen molar-refractivity contribution in [3.8, 4) is 11.1 Å². The van der Waals surface area contributed by atoms with Crippen molar-refractivity contribution < 1.29 is 4.79 Å². The molecule has 0 bridgehead atoms. The van der Waals surface area contributed by atoms with Crippen LogP contribution >= 0.6 is 0 Å². The maximum Gasteiger partial charge on any atom is 0.232 e. The zero-order chi connectivity index (χ0) is 16.4. The summed E-state index contributed by atoms with van der Waals surface area (Å²) in [7, 11) is 0. The Kier molecular flexibility index (Phi) is 4.22. The van der Waals surface area contributed by atoms with E-state index >= 15 is 0 Å². The molecule has 0 radical (unpaired) electrons. The molecule has 2 aromatic carbocycles. The van der Waals surface area contributed by atoms with E-state index in [1.807, 2.05) is 24.3 Å². The van der Waals surface area contributed by atoms with Crippen LogP contribution in [0.2, 0.25) is 0 Å². The first-order valence-electron chi connectivity index (χ1n) is 8.34. The molecule has 3 heteroatoms. The second-order valence-corrected chi connectivity index (χ2v) is 6.36. The van der Waals surface area contributed by atoms with Gasteiger partial charge >= 0.3 is 0 Å². The third-order valence-electron chi connectivity index (χ3n) is 4.99. The number of amides is 1. The maximum absolute atomic E-state index is 12.6. The Morgan fingerprint density at radius 2 is 1.61 bits per heavy atom. The van der Waals surface area contributed by atoms with Gasteiger partial charge in [0.05, 0.1) is 5.41 Å². The van der Waals surface area contributed by atoms with E-state index in [4.69, 9.17) is 5.73 Å². The number of fused-ring (bicyclic) bond motifs is 3. The quantitative estimate of drug-likeness (QED) is 0.861. The highest BCUT2D eigenvalue weighted by Gasteiger charge is 2.47. The number of hydrogen-bond acceptors (Lipinski definition) is 2. The molecule has 3 nitrogen and oxygen atoms in total. The topological polar surface area (TPSA) is 55.1 Å². The van der Waals surface area contributed by atoms with Crippen molar-refractivity contribution in [3.05, 3.63) is 59.7 Å². The highest BCUT2D eigenvalue weighted by molar-refractivity contribution is 5.99. The highest BCUT2D eigenvalue weighted by atomic mass is 16.1. The molecule has 1 amide bonds. The lowest BCUT2D eigenvalue weighted by Crippen LogP contribution is -2.42. The van der Waals surface area contributed by atoms with Crippen molar-refractivity contribution in [3.63, 3.8) is 0 Å². The van der Waals surface area contributed by atoms with Crippen molar-refractivity contribution in [1.29, 1.82) is 0 Å². The number of carbonyl (C=O) groups is 1. The molecule has 0 aliphatic heterocycles. The molecule has 3 N–H and O–H groups in total. The van der Waals surface area contributed by atoms with E-state index in [0.717, 1.165) is 41.6 Å². The molecule has 0 saturated carbocycles. The van der Waals surface area contributed by atoms with Crippen LogP contribution in [-0.4, -0.2) is 18.5 Å². The molecule has 0 saturated heterocycles. The number of nitrogens with two attached hydrogens (primary N) is 1. The minimum atomic E-state index is -0.711. The molecule has 23 heavy (non-hydrogen) atoms. The summed E-state index contributed by atoms with van der Waals surface area (Å²) in [5.41, 5.74) is 9.63. The molecule has 3 rings (SSSR count). The number of primary amides is 1. The van der Waals surface area contributed by atoms with Gasteiger partial charge in [-0.05, 0) is 48.6 Å². The van der Waals surface area contributed by atoms with Gasteiger partial charge in [0.15, 0.2) is 0 Å². The third kappa shape index (κ3) is 2.45. The Morgan fingerprint density at radius 3 is 2.09 bits per heavy atom. The van der Waals surface area contributed by atoms with E-state index in [9.17, 15) is 4.79 Å². The fraction of sp³-hybridized carbons (Fsp3) is 0.350. The Balaban J connectivity index is 2.10. The van der Waals surface area contributed by atoms with Crippen molar-refractivity contribution in [2.24, 2.45) is 5.73 Å². The van der Waals surface area contributed by atoms with Crippen molar-refractivity contribution >= 4 is 5.91 Å². The Hall–Kier alpha value is -2.13. The van der Waals surface area contributed by atoms with E-state index in [-0.39, 0.29) is 5.91 Å². The summed E-state index contributed by atoms with van der Waals surface area (Å²) in [5, 5.41) is 3.42. The van der Waals surface area contributed by atoms with Gasteiger partial charge in [-0.25, -0.2) is 0 Å². The highest BCUT2D eigenvalue weighted by Crippen LogP contribution is 2.51. The van der Waals surface area contributed by atoms with E-state index in [0.29, 0.717) is 6.04 Å². The smallest absolute Gasteiger partial charge is 0.232 e. The predicted molar refractivity (Wildman–Crippen MR) is 94.2 cm³/mol. The van der Waals surface area contributed by atoms with Gasteiger partial charge in [0, 0.05) is 6.04 Å². The summed E-state index contributed by atoms with van der Waals surface area (Å²) in [6, 6.07) is 16.7. The normalized spacial score (nSPS) is 15.7. The van der Waals surface area contributed by atoms with Crippen LogP contribution in [0.25, 0.3) is 11.1 Å². The van der Waals surface area contributed by atoms with Crippen molar-refractivity contribution in [1.82, 2.24) is 5.32 Å². The summed E-state index contributed by atoms with van der Waals surface area (Å²) in [6.45, 7) is 5.18. The number of nitrogens with one attached hydrogen (secondary N) is 1. The predicted octanol–water partition coefficient (Wildman–Crippen LogP) is 3.22. The van der Waals surface area contributed by atoms with Crippen LogP contribution < -0.4 is 11.1 Å². The molecule has 2 aromatic rings. The number of carbonyl (C=O) groups excluding carboxylic acids is 1. The number of benzene rings is 2. The maximum atomic E-state index is 12.6. The van der Waals surface area contributed by atoms with E-state index in [1.54, 1.807) is 0 Å². The fourth-order valence-corrected chi connectivity index (χ4v) is 3.87. The molecule has 0 heterocycles. The lowest BCUT2D eigenvalue weighted by atomic mass is 9.73. The van der Waals surface area contributed by atoms with Crippen LogP contribution in [0, 0.1) is 0 Å². The molecule has 1 aliphatic carbocycles. The molecule has 1 aliphatic rings. The van der Waals surface area contributed by atoms with Crippen LogP contribution in [0.5, 0.6) is 0 Å². The van der Waals surface area contributed by atoms with E-state index in [2.05, 4.69) is 43.4 Å². The Labute approximate surface area is 137 Å². The molecule has 1 unspecified atom stereocenters. The van der Waals surface area contributed by atoms with Gasteiger partial charge in [0.25, 0.3) is 0 Å². The first kappa shape index (κ1) is 15.8. The van der Waals surface area contributed by atoms with Crippen LogP contribution in [0.15, 0.2) is 48.5 Å². The lowest BCUT2D eigenvalue weighted by Gasteiger charge is -2.30. The molecular weight excluding hydrogens is 284 g/mol. The zero-order valence-corrected chi connectivity index (χ0v) is 13.8. The van der Waals surface area contributed by atoms with Crippen LogP contribution in [-0.2, 0) is 10.2 Å². The first-order chi connectivity index (χ1) is 11.1. The average Bonchev–Trinajstić information content (AvgIpc) is 2.85. The first-order valence-corrected chi connectivity index (χ1v) is 8.34. The molecule has 0 fully saturated rings. The van der Waals surface area contributed by atoms with E-state index < -0.39 is 5.41 Å². The monoisotopic (exact) mass is 308 g/mol. The van der Waals surface area contributed by atoms with Crippen molar-refractivity contribution in [2.75, 3.05) is 6.54 Å². The van der Waals surface area contributed by atoms with Crippen LogP contribution in [0.1, 0.15) is 37.8 Å². The number of rotatable bonds is 6. The molecule has 120 valence electrons. The summed E-state index contributed by atoms with van der Waals surface area (Å²) >= 11 is 0. The van der Waals surface area contributed by atoms with E-state index in [1.165, 1.54) is 0 Å². The third-order valence-corrected chi connectivity index (χ3v) is 4.99. The van der Waals surface area contributed by atoms with Gasteiger partial charge in [-0.2, -0.15) is 0 Å². The minimum absolute atomic E-state index is 0.251. The summed E-state index contributed by atoms with van der Waals surface area (Å²) < 4.78 is 0. The van der Waals surface area contributed by atoms with Gasteiger partial charge in [-0.15, -0.1) is 0 Å². The van der Waals surface area contributed by atoms with Gasteiger partial charge in [-0.3, -0.25) is 4.79 Å². The largest absolute Gasteiger partial charge is 0.369 e. The molecule has 0 spiro atoms. The SMILES string of the molecule is CCNC(C)CCC1(C(N)=O)c2ccccc2-c2ccccc21. The van der Waals surface area contributed by atoms with Crippen LogP contribution in [0.3, 0.4) is 0 Å². The second-order valence-electron chi connectivity index (χ2n) is 6.36. The van der Waals surface area contributed by atoms with Crippen molar-refractivity contribution in [2.45, 2.75) is 38.1 Å². The zero-order valence-electron chi connectivity index (χ0n) is 13.8. The van der Waals surface area contributed by atoms with Gasteiger partial charge in [0.2, 0.25) is 5.91 Å². The Morgan fingerprint density at radius 1 is 1.09 bits per heavy atom. The summed E-state index contributed by atoms with van der Waals surface area (Å²) in [6.07, 6.45) is 1.63. The second kappa shape index (κ2) is 6.17. The summed E-state index contributed by atoms with van der Waals surface area (Å²) in [5.74, 6) is -0.251. The molecule has 0 aromatic heterocycles.